The lowest BCUT2D eigenvalue weighted by molar-refractivity contribution is -0.385. The highest BCUT2D eigenvalue weighted by atomic mass is 16.6. The number of carbonyl (C=O) groups is 1. The van der Waals surface area contributed by atoms with Crippen LogP contribution >= 0.6 is 0 Å². The SMILES string of the molecule is Cc1nn(C)c(C(=O)NCC2CCCO2)c1[N+](=O)[O-]. The molecule has 19 heavy (non-hydrogen) atoms. The topological polar surface area (TPSA) is 99.3 Å². The molecule has 1 aromatic rings. The van der Waals surface area contributed by atoms with Crippen LogP contribution in [0.15, 0.2) is 0 Å². The maximum absolute atomic E-state index is 12.0. The lowest BCUT2D eigenvalue weighted by Gasteiger charge is -2.10. The third-order valence-corrected chi connectivity index (χ3v) is 3.10. The lowest BCUT2D eigenvalue weighted by atomic mass is 10.2. The Morgan fingerprint density at radius 1 is 1.68 bits per heavy atom. The van der Waals surface area contributed by atoms with Crippen molar-refractivity contribution in [3.05, 3.63) is 21.5 Å². The van der Waals surface area contributed by atoms with E-state index in [0.29, 0.717) is 13.2 Å². The summed E-state index contributed by atoms with van der Waals surface area (Å²) in [5, 5.41) is 17.5. The van der Waals surface area contributed by atoms with Gasteiger partial charge in [-0.15, -0.1) is 0 Å². The Bertz CT molecular complexity index is 505. The fourth-order valence-corrected chi connectivity index (χ4v) is 2.22. The quantitative estimate of drug-likeness (QED) is 0.634. The number of nitrogens with zero attached hydrogens (tertiary/aromatic N) is 3. The number of aryl methyl sites for hydroxylation is 2. The summed E-state index contributed by atoms with van der Waals surface area (Å²) in [5.41, 5.74) is -0.0393. The van der Waals surface area contributed by atoms with Crippen molar-refractivity contribution in [3.8, 4) is 0 Å². The number of aromatic nitrogens is 2. The molecule has 1 aliphatic heterocycles. The molecule has 1 aromatic heterocycles. The van der Waals surface area contributed by atoms with E-state index in [2.05, 4.69) is 10.4 Å². The smallest absolute Gasteiger partial charge is 0.322 e. The molecule has 0 spiro atoms. The zero-order valence-electron chi connectivity index (χ0n) is 10.9. The van der Waals surface area contributed by atoms with E-state index in [-0.39, 0.29) is 23.2 Å². The van der Waals surface area contributed by atoms with Gasteiger partial charge < -0.3 is 10.1 Å². The van der Waals surface area contributed by atoms with Gasteiger partial charge in [0.15, 0.2) is 0 Å². The molecule has 0 radical (unpaired) electrons. The van der Waals surface area contributed by atoms with Crippen LogP contribution in [-0.2, 0) is 11.8 Å². The average molecular weight is 268 g/mol. The first-order valence-electron chi connectivity index (χ1n) is 6.08. The first kappa shape index (κ1) is 13.5. The average Bonchev–Trinajstić information content (AvgIpc) is 2.93. The number of ether oxygens (including phenoxy) is 1. The predicted octanol–water partition coefficient (Wildman–Crippen LogP) is 0.546. The van der Waals surface area contributed by atoms with Gasteiger partial charge in [0.1, 0.15) is 5.69 Å². The predicted molar refractivity (Wildman–Crippen MR) is 65.9 cm³/mol. The normalized spacial score (nSPS) is 18.5. The van der Waals surface area contributed by atoms with Crippen LogP contribution in [0.1, 0.15) is 29.0 Å². The van der Waals surface area contributed by atoms with Gasteiger partial charge in [0.05, 0.1) is 11.0 Å². The summed E-state index contributed by atoms with van der Waals surface area (Å²) >= 11 is 0. The van der Waals surface area contributed by atoms with Crippen molar-refractivity contribution in [2.24, 2.45) is 7.05 Å². The number of carbonyl (C=O) groups excluding carboxylic acids is 1. The van der Waals surface area contributed by atoms with Crippen molar-refractivity contribution in [2.75, 3.05) is 13.2 Å². The van der Waals surface area contributed by atoms with Gasteiger partial charge >= 0.3 is 5.69 Å². The van der Waals surface area contributed by atoms with E-state index in [1.807, 2.05) is 0 Å². The lowest BCUT2D eigenvalue weighted by Crippen LogP contribution is -2.33. The van der Waals surface area contributed by atoms with E-state index in [9.17, 15) is 14.9 Å². The minimum Gasteiger partial charge on any atom is -0.376 e. The van der Waals surface area contributed by atoms with Gasteiger partial charge in [-0.1, -0.05) is 0 Å². The molecule has 1 atom stereocenters. The number of nitrogens with one attached hydrogen (secondary N) is 1. The summed E-state index contributed by atoms with van der Waals surface area (Å²) in [4.78, 5) is 22.4. The van der Waals surface area contributed by atoms with Crippen LogP contribution in [0.3, 0.4) is 0 Å². The van der Waals surface area contributed by atoms with Crippen molar-refractivity contribution in [2.45, 2.75) is 25.9 Å². The molecule has 1 aliphatic rings. The first-order chi connectivity index (χ1) is 9.00. The van der Waals surface area contributed by atoms with Crippen molar-refractivity contribution >= 4 is 11.6 Å². The van der Waals surface area contributed by atoms with Crippen LogP contribution < -0.4 is 5.32 Å². The highest BCUT2D eigenvalue weighted by Crippen LogP contribution is 2.22. The Hall–Kier alpha value is -1.96. The summed E-state index contributed by atoms with van der Waals surface area (Å²) < 4.78 is 6.62. The number of rotatable bonds is 4. The van der Waals surface area contributed by atoms with Crippen LogP contribution in [-0.4, -0.2) is 39.9 Å². The van der Waals surface area contributed by atoms with Crippen LogP contribution in [0.5, 0.6) is 0 Å². The summed E-state index contributed by atoms with van der Waals surface area (Å²) in [6, 6.07) is 0. The van der Waals surface area contributed by atoms with Crippen molar-refractivity contribution < 1.29 is 14.5 Å². The molecular weight excluding hydrogens is 252 g/mol. The van der Waals surface area contributed by atoms with Gasteiger partial charge in [0.25, 0.3) is 5.91 Å². The monoisotopic (exact) mass is 268 g/mol. The molecule has 0 saturated carbocycles. The van der Waals surface area contributed by atoms with E-state index in [1.54, 1.807) is 0 Å². The Morgan fingerprint density at radius 3 is 3.00 bits per heavy atom. The van der Waals surface area contributed by atoms with Crippen molar-refractivity contribution in [1.29, 1.82) is 0 Å². The fraction of sp³-hybridized carbons (Fsp3) is 0.636. The van der Waals surface area contributed by atoms with E-state index in [4.69, 9.17) is 4.74 Å². The van der Waals surface area contributed by atoms with Crippen LogP contribution in [0.4, 0.5) is 5.69 Å². The molecule has 0 bridgehead atoms. The van der Waals surface area contributed by atoms with Crippen LogP contribution in [0.25, 0.3) is 0 Å². The molecule has 8 nitrogen and oxygen atoms in total. The Morgan fingerprint density at radius 2 is 2.42 bits per heavy atom. The molecule has 0 aliphatic carbocycles. The van der Waals surface area contributed by atoms with E-state index in [1.165, 1.54) is 18.7 Å². The zero-order valence-corrected chi connectivity index (χ0v) is 10.9. The standard InChI is InChI=1S/C11H16N4O4/c1-7-9(15(17)18)10(14(2)13-7)11(16)12-6-8-4-3-5-19-8/h8H,3-6H2,1-2H3,(H,12,16). The minimum absolute atomic E-state index is 0.00247. The van der Waals surface area contributed by atoms with Crippen LogP contribution in [0.2, 0.25) is 0 Å². The van der Waals surface area contributed by atoms with Gasteiger partial charge in [-0.3, -0.25) is 19.6 Å². The second kappa shape index (κ2) is 5.35. The van der Waals surface area contributed by atoms with Gasteiger partial charge in [-0.25, -0.2) is 0 Å². The molecule has 1 amide bonds. The van der Waals surface area contributed by atoms with Gasteiger partial charge in [-0.05, 0) is 19.8 Å². The van der Waals surface area contributed by atoms with Gasteiger partial charge in [0, 0.05) is 20.2 Å². The number of nitro groups is 1. The van der Waals surface area contributed by atoms with E-state index >= 15 is 0 Å². The first-order valence-corrected chi connectivity index (χ1v) is 6.08. The molecule has 2 heterocycles. The molecule has 1 N–H and O–H groups in total. The zero-order chi connectivity index (χ0) is 14.0. The molecule has 1 fully saturated rings. The number of hydrogen-bond donors (Lipinski definition) is 1. The van der Waals surface area contributed by atoms with Crippen molar-refractivity contribution in [3.63, 3.8) is 0 Å². The Balaban J connectivity index is 2.11. The largest absolute Gasteiger partial charge is 0.376 e. The second-order valence-electron chi connectivity index (χ2n) is 4.51. The van der Waals surface area contributed by atoms with Crippen molar-refractivity contribution in [1.82, 2.24) is 15.1 Å². The third kappa shape index (κ3) is 2.73. The maximum Gasteiger partial charge on any atom is 0.322 e. The minimum atomic E-state index is -0.580. The molecule has 2 rings (SSSR count). The highest BCUT2D eigenvalue weighted by molar-refractivity contribution is 5.96. The molecule has 0 aromatic carbocycles. The summed E-state index contributed by atoms with van der Waals surface area (Å²) in [6.07, 6.45) is 1.87. The molecule has 1 unspecified atom stereocenters. The van der Waals surface area contributed by atoms with Gasteiger partial charge in [0.2, 0.25) is 5.69 Å². The second-order valence-corrected chi connectivity index (χ2v) is 4.51. The number of hydrogen-bond acceptors (Lipinski definition) is 5. The molecular formula is C11H16N4O4. The van der Waals surface area contributed by atoms with Gasteiger partial charge in [-0.2, -0.15) is 5.10 Å². The van der Waals surface area contributed by atoms with E-state index < -0.39 is 10.8 Å². The highest BCUT2D eigenvalue weighted by Gasteiger charge is 2.29. The molecule has 104 valence electrons. The summed E-state index contributed by atoms with van der Waals surface area (Å²) in [6.45, 7) is 2.57. The third-order valence-electron chi connectivity index (χ3n) is 3.10. The summed E-state index contributed by atoms with van der Waals surface area (Å²) in [5.74, 6) is -0.495. The Labute approximate surface area is 109 Å². The maximum atomic E-state index is 12.0. The fourth-order valence-electron chi connectivity index (χ4n) is 2.22. The molecule has 8 heteroatoms. The number of amides is 1. The van der Waals surface area contributed by atoms with Crippen LogP contribution in [0, 0.1) is 17.0 Å². The molecule has 1 saturated heterocycles. The van der Waals surface area contributed by atoms with E-state index in [0.717, 1.165) is 12.8 Å². The Kier molecular flexibility index (Phi) is 3.79. The summed E-state index contributed by atoms with van der Waals surface area (Å²) in [7, 11) is 1.51.